The molecular weight excluding hydrogens is 361 g/mol. The topological polar surface area (TPSA) is 54.0 Å². The fourth-order valence-corrected chi connectivity index (χ4v) is 3.28. The van der Waals surface area contributed by atoms with Crippen molar-refractivity contribution < 1.29 is 18.7 Å². The second kappa shape index (κ2) is 9.52. The zero-order valence-electron chi connectivity index (χ0n) is 16.3. The highest BCUT2D eigenvalue weighted by Crippen LogP contribution is 2.19. The normalized spacial score (nSPS) is 15.2. The molecule has 0 aromatic heterocycles. The fourth-order valence-electron chi connectivity index (χ4n) is 3.28. The predicted octanol–water partition coefficient (Wildman–Crippen LogP) is 2.60. The van der Waals surface area contributed by atoms with E-state index in [0.29, 0.717) is 18.8 Å². The predicted molar refractivity (Wildman–Crippen MR) is 106 cm³/mol. The van der Waals surface area contributed by atoms with Gasteiger partial charge in [0.15, 0.2) is 11.6 Å². The van der Waals surface area contributed by atoms with E-state index in [2.05, 4.69) is 15.1 Å². The maximum Gasteiger partial charge on any atom is 0.238 e. The van der Waals surface area contributed by atoms with Gasteiger partial charge in [-0.1, -0.05) is 12.1 Å². The van der Waals surface area contributed by atoms with Crippen LogP contribution in [0.3, 0.4) is 0 Å². The number of anilines is 1. The van der Waals surface area contributed by atoms with Crippen molar-refractivity contribution in [3.8, 4) is 11.5 Å². The number of nitrogens with one attached hydrogen (secondary N) is 1. The summed E-state index contributed by atoms with van der Waals surface area (Å²) in [5.41, 5.74) is 1.65. The second-order valence-electron chi connectivity index (χ2n) is 6.80. The number of ether oxygens (including phenoxy) is 2. The van der Waals surface area contributed by atoms with E-state index >= 15 is 0 Å². The largest absolute Gasteiger partial charge is 0.497 e. The van der Waals surface area contributed by atoms with Crippen LogP contribution in [0.2, 0.25) is 0 Å². The van der Waals surface area contributed by atoms with Crippen LogP contribution in [-0.2, 0) is 11.3 Å². The van der Waals surface area contributed by atoms with E-state index in [1.807, 2.05) is 24.3 Å². The molecule has 0 unspecified atom stereocenters. The Bertz CT molecular complexity index is 807. The standard InChI is InChI=1S/C21H26FN3O3/c1-27-18-5-3-4-17(13-18)23-21(26)15-25-10-8-24(9-11-25)14-16-6-7-20(28-2)19(22)12-16/h3-7,12-13H,8-11,14-15H2,1-2H3,(H,23,26). The minimum Gasteiger partial charge on any atom is -0.497 e. The van der Waals surface area contributed by atoms with Crippen LogP contribution in [0.4, 0.5) is 10.1 Å². The first-order chi connectivity index (χ1) is 13.6. The average Bonchev–Trinajstić information content (AvgIpc) is 2.70. The number of benzene rings is 2. The molecule has 1 aliphatic heterocycles. The summed E-state index contributed by atoms with van der Waals surface area (Å²) in [5, 5.41) is 2.90. The number of amides is 1. The lowest BCUT2D eigenvalue weighted by atomic mass is 10.2. The van der Waals surface area contributed by atoms with Crippen molar-refractivity contribution in [3.05, 3.63) is 53.8 Å². The molecule has 3 rings (SSSR count). The van der Waals surface area contributed by atoms with Gasteiger partial charge in [-0.15, -0.1) is 0 Å². The Kier molecular flexibility index (Phi) is 6.84. The molecule has 0 aliphatic carbocycles. The molecule has 28 heavy (non-hydrogen) atoms. The molecule has 150 valence electrons. The monoisotopic (exact) mass is 387 g/mol. The summed E-state index contributed by atoms with van der Waals surface area (Å²) < 4.78 is 24.0. The number of methoxy groups -OCH3 is 2. The highest BCUT2D eigenvalue weighted by Gasteiger charge is 2.19. The molecule has 1 saturated heterocycles. The van der Waals surface area contributed by atoms with Gasteiger partial charge in [0, 0.05) is 44.5 Å². The maximum atomic E-state index is 13.8. The van der Waals surface area contributed by atoms with E-state index in [9.17, 15) is 9.18 Å². The van der Waals surface area contributed by atoms with Gasteiger partial charge >= 0.3 is 0 Å². The zero-order valence-corrected chi connectivity index (χ0v) is 16.3. The second-order valence-corrected chi connectivity index (χ2v) is 6.80. The van der Waals surface area contributed by atoms with Gasteiger partial charge in [0.25, 0.3) is 0 Å². The van der Waals surface area contributed by atoms with Crippen LogP contribution >= 0.6 is 0 Å². The Labute approximate surface area is 164 Å². The molecule has 0 radical (unpaired) electrons. The van der Waals surface area contributed by atoms with Gasteiger partial charge in [0.2, 0.25) is 5.91 Å². The molecule has 0 bridgehead atoms. The van der Waals surface area contributed by atoms with Crippen molar-refractivity contribution in [1.82, 2.24) is 9.80 Å². The minimum atomic E-state index is -0.340. The minimum absolute atomic E-state index is 0.0427. The van der Waals surface area contributed by atoms with E-state index in [0.717, 1.165) is 37.4 Å². The molecule has 1 amide bonds. The molecule has 2 aromatic rings. The highest BCUT2D eigenvalue weighted by atomic mass is 19.1. The van der Waals surface area contributed by atoms with E-state index < -0.39 is 0 Å². The lowest BCUT2D eigenvalue weighted by Gasteiger charge is -2.34. The van der Waals surface area contributed by atoms with E-state index in [1.54, 1.807) is 19.2 Å². The summed E-state index contributed by atoms with van der Waals surface area (Å²) in [6.07, 6.45) is 0. The Morgan fingerprint density at radius 3 is 2.46 bits per heavy atom. The molecule has 1 heterocycles. The van der Waals surface area contributed by atoms with Crippen molar-refractivity contribution in [3.63, 3.8) is 0 Å². The molecule has 1 fully saturated rings. The van der Waals surface area contributed by atoms with Crippen LogP contribution in [0.15, 0.2) is 42.5 Å². The van der Waals surface area contributed by atoms with Crippen molar-refractivity contribution >= 4 is 11.6 Å². The van der Waals surface area contributed by atoms with Crippen molar-refractivity contribution in [1.29, 1.82) is 0 Å². The van der Waals surface area contributed by atoms with Gasteiger partial charge in [-0.2, -0.15) is 0 Å². The molecule has 7 heteroatoms. The van der Waals surface area contributed by atoms with Crippen molar-refractivity contribution in [2.75, 3.05) is 52.3 Å². The number of carbonyl (C=O) groups is 1. The Morgan fingerprint density at radius 2 is 1.79 bits per heavy atom. The van der Waals surface area contributed by atoms with Crippen LogP contribution < -0.4 is 14.8 Å². The molecular formula is C21H26FN3O3. The summed E-state index contributed by atoms with van der Waals surface area (Å²) in [7, 11) is 3.06. The summed E-state index contributed by atoms with van der Waals surface area (Å²) >= 11 is 0. The molecule has 0 saturated carbocycles. The van der Waals surface area contributed by atoms with E-state index in [-0.39, 0.29) is 17.5 Å². The summed E-state index contributed by atoms with van der Waals surface area (Å²) in [4.78, 5) is 16.7. The average molecular weight is 387 g/mol. The van der Waals surface area contributed by atoms with Gasteiger partial charge in [-0.25, -0.2) is 4.39 Å². The third-order valence-corrected chi connectivity index (χ3v) is 4.81. The zero-order chi connectivity index (χ0) is 19.9. The first-order valence-electron chi connectivity index (χ1n) is 9.28. The molecule has 1 aliphatic rings. The number of halogens is 1. The van der Waals surface area contributed by atoms with Crippen LogP contribution in [0.25, 0.3) is 0 Å². The number of hydrogen-bond acceptors (Lipinski definition) is 5. The lowest BCUT2D eigenvalue weighted by Crippen LogP contribution is -2.48. The Morgan fingerprint density at radius 1 is 1.04 bits per heavy atom. The van der Waals surface area contributed by atoms with Crippen LogP contribution in [-0.4, -0.2) is 62.7 Å². The summed E-state index contributed by atoms with van der Waals surface area (Å²) in [6, 6.07) is 12.4. The number of rotatable bonds is 7. The SMILES string of the molecule is COc1cccc(NC(=O)CN2CCN(Cc3ccc(OC)c(F)c3)CC2)c1. The highest BCUT2D eigenvalue weighted by molar-refractivity contribution is 5.92. The quantitative estimate of drug-likeness (QED) is 0.792. The number of nitrogens with zero attached hydrogens (tertiary/aromatic N) is 2. The smallest absolute Gasteiger partial charge is 0.238 e. The fraction of sp³-hybridized carbons (Fsp3) is 0.381. The van der Waals surface area contributed by atoms with Gasteiger partial charge in [-0.3, -0.25) is 14.6 Å². The number of carbonyl (C=O) groups excluding carboxylic acids is 1. The molecule has 1 N–H and O–H groups in total. The van der Waals surface area contributed by atoms with Gasteiger partial charge in [0.05, 0.1) is 20.8 Å². The third-order valence-electron chi connectivity index (χ3n) is 4.81. The van der Waals surface area contributed by atoms with Gasteiger partial charge < -0.3 is 14.8 Å². The van der Waals surface area contributed by atoms with E-state index in [4.69, 9.17) is 9.47 Å². The number of hydrogen-bond donors (Lipinski definition) is 1. The Hall–Kier alpha value is -2.64. The van der Waals surface area contributed by atoms with Crippen molar-refractivity contribution in [2.45, 2.75) is 6.54 Å². The first-order valence-corrected chi connectivity index (χ1v) is 9.28. The Balaban J connectivity index is 1.44. The maximum absolute atomic E-state index is 13.8. The first kappa shape index (κ1) is 20.1. The van der Waals surface area contributed by atoms with Crippen LogP contribution in [0.5, 0.6) is 11.5 Å². The number of piperazine rings is 1. The van der Waals surface area contributed by atoms with Crippen LogP contribution in [0, 0.1) is 5.82 Å². The van der Waals surface area contributed by atoms with Crippen molar-refractivity contribution in [2.24, 2.45) is 0 Å². The van der Waals surface area contributed by atoms with Gasteiger partial charge in [0.1, 0.15) is 5.75 Å². The van der Waals surface area contributed by atoms with E-state index in [1.165, 1.54) is 13.2 Å². The molecule has 2 aromatic carbocycles. The lowest BCUT2D eigenvalue weighted by molar-refractivity contribution is -0.117. The summed E-state index contributed by atoms with van der Waals surface area (Å²) in [6.45, 7) is 4.29. The summed E-state index contributed by atoms with van der Waals surface area (Å²) in [5.74, 6) is 0.587. The van der Waals surface area contributed by atoms with Crippen LogP contribution in [0.1, 0.15) is 5.56 Å². The molecule has 0 atom stereocenters. The third kappa shape index (κ3) is 5.43. The molecule has 6 nitrogen and oxygen atoms in total. The molecule has 0 spiro atoms. The van der Waals surface area contributed by atoms with Gasteiger partial charge in [-0.05, 0) is 29.8 Å².